The van der Waals surface area contributed by atoms with Gasteiger partial charge in [-0.1, -0.05) is 0 Å². The van der Waals surface area contributed by atoms with Crippen LogP contribution >= 0.6 is 11.3 Å². The van der Waals surface area contributed by atoms with Crippen molar-refractivity contribution in [3.8, 4) is 10.4 Å². The highest BCUT2D eigenvalue weighted by Gasteiger charge is 2.38. The van der Waals surface area contributed by atoms with Gasteiger partial charge in [0.15, 0.2) is 5.01 Å². The minimum atomic E-state index is -4.73. The van der Waals surface area contributed by atoms with Gasteiger partial charge in [-0.3, -0.25) is 9.59 Å². The van der Waals surface area contributed by atoms with Crippen LogP contribution in [0.2, 0.25) is 0 Å². The van der Waals surface area contributed by atoms with E-state index in [1.807, 2.05) is 13.8 Å². The smallest absolute Gasteiger partial charge is 0.389 e. The number of halogens is 3. The number of alkyl halides is 3. The van der Waals surface area contributed by atoms with Crippen LogP contribution in [0.25, 0.3) is 10.4 Å². The first-order valence-electron chi connectivity index (χ1n) is 12.9. The van der Waals surface area contributed by atoms with Crippen LogP contribution in [0, 0.1) is 5.92 Å². The lowest BCUT2D eigenvalue weighted by atomic mass is 10.0. The van der Waals surface area contributed by atoms with Crippen molar-refractivity contribution in [3.63, 3.8) is 0 Å². The predicted molar refractivity (Wildman–Crippen MR) is 139 cm³/mol. The normalized spacial score (nSPS) is 19.3. The summed E-state index contributed by atoms with van der Waals surface area (Å²) in [6.45, 7) is 7.19. The Morgan fingerprint density at radius 3 is 2.55 bits per heavy atom. The molecule has 0 radical (unpaired) electrons. The predicted octanol–water partition coefficient (Wildman–Crippen LogP) is 4.95. The Morgan fingerprint density at radius 1 is 1.24 bits per heavy atom. The molecule has 0 aromatic carbocycles. The van der Waals surface area contributed by atoms with E-state index in [1.54, 1.807) is 4.90 Å². The number of amides is 2. The van der Waals surface area contributed by atoms with Crippen LogP contribution < -0.4 is 10.6 Å². The Kier molecular flexibility index (Phi) is 8.04. The van der Waals surface area contributed by atoms with Crippen LogP contribution in [0.5, 0.6) is 0 Å². The van der Waals surface area contributed by atoms with E-state index in [0.29, 0.717) is 12.5 Å². The summed E-state index contributed by atoms with van der Waals surface area (Å²) in [5.41, 5.74) is -2.65. The maximum absolute atomic E-state index is 14.3. The molecule has 1 aliphatic heterocycles. The van der Waals surface area contributed by atoms with E-state index in [-0.39, 0.29) is 45.6 Å². The zero-order valence-electron chi connectivity index (χ0n) is 22.0. The summed E-state index contributed by atoms with van der Waals surface area (Å²) < 4.78 is 42.9. The monoisotopic (exact) mass is 553 g/mol. The molecule has 2 aromatic heterocycles. The highest BCUT2D eigenvalue weighted by molar-refractivity contribution is 7.17. The number of likely N-dealkylation sites (tertiary alicyclic amines) is 1. The second-order valence-corrected chi connectivity index (χ2v) is 11.9. The first-order chi connectivity index (χ1) is 17.7. The minimum Gasteiger partial charge on any atom is -0.389 e. The Morgan fingerprint density at radius 2 is 1.95 bits per heavy atom. The summed E-state index contributed by atoms with van der Waals surface area (Å²) >= 11 is 0.717. The molecule has 2 aromatic rings. The van der Waals surface area contributed by atoms with Crippen LogP contribution in [0.3, 0.4) is 0 Å². The average molecular weight is 554 g/mol. The number of carbonyl (C=O) groups is 2. The molecule has 1 saturated heterocycles. The molecule has 8 nitrogen and oxygen atoms in total. The Hall–Kier alpha value is -2.73. The van der Waals surface area contributed by atoms with E-state index < -0.39 is 29.2 Å². The third kappa shape index (κ3) is 6.63. The third-order valence-electron chi connectivity index (χ3n) is 6.93. The number of piperidine rings is 1. The van der Waals surface area contributed by atoms with Crippen molar-refractivity contribution >= 4 is 29.0 Å². The minimum absolute atomic E-state index is 0.0124. The average Bonchev–Trinajstić information content (AvgIpc) is 3.60. The lowest BCUT2D eigenvalue weighted by Crippen LogP contribution is -2.42. The summed E-state index contributed by atoms with van der Waals surface area (Å²) in [6, 6.07) is 0.843. The fourth-order valence-electron chi connectivity index (χ4n) is 4.55. The van der Waals surface area contributed by atoms with Crippen molar-refractivity contribution < 1.29 is 27.9 Å². The lowest BCUT2D eigenvalue weighted by molar-refractivity contribution is -0.137. The molecular weight excluding hydrogens is 519 g/mol. The molecule has 2 amide bonds. The van der Waals surface area contributed by atoms with Gasteiger partial charge in [-0.15, -0.1) is 11.3 Å². The third-order valence-corrected chi connectivity index (χ3v) is 8.02. The molecule has 2 aliphatic rings. The van der Waals surface area contributed by atoms with Crippen LogP contribution in [0.1, 0.15) is 85.7 Å². The molecule has 4 rings (SSSR count). The number of carbonyl (C=O) groups excluding carboxylic acids is 2. The summed E-state index contributed by atoms with van der Waals surface area (Å²) in [7, 11) is 0. The van der Waals surface area contributed by atoms with Gasteiger partial charge in [0.1, 0.15) is 11.5 Å². The van der Waals surface area contributed by atoms with Crippen LogP contribution in [-0.2, 0) is 6.18 Å². The molecule has 2 fully saturated rings. The van der Waals surface area contributed by atoms with Crippen molar-refractivity contribution in [2.24, 2.45) is 5.92 Å². The van der Waals surface area contributed by atoms with Crippen LogP contribution in [0.15, 0.2) is 12.3 Å². The molecule has 0 bridgehead atoms. The number of aromatic nitrogens is 2. The second kappa shape index (κ2) is 10.8. The molecular formula is C26H34F3N5O3S. The molecule has 3 heterocycles. The number of pyridine rings is 1. The maximum Gasteiger partial charge on any atom is 0.417 e. The van der Waals surface area contributed by atoms with Gasteiger partial charge >= 0.3 is 6.18 Å². The number of anilines is 1. The van der Waals surface area contributed by atoms with E-state index in [1.165, 1.54) is 13.8 Å². The van der Waals surface area contributed by atoms with E-state index in [2.05, 4.69) is 20.6 Å². The van der Waals surface area contributed by atoms with Crippen molar-refractivity contribution in [2.75, 3.05) is 18.4 Å². The second-order valence-electron chi connectivity index (χ2n) is 10.9. The molecule has 12 heteroatoms. The number of nitrogens with one attached hydrogen (secondary N) is 2. The first kappa shape index (κ1) is 28.3. The number of aliphatic hydroxyl groups is 1. The molecule has 38 heavy (non-hydrogen) atoms. The fourth-order valence-corrected chi connectivity index (χ4v) is 5.55. The van der Waals surface area contributed by atoms with E-state index in [0.717, 1.165) is 55.7 Å². The highest BCUT2D eigenvalue weighted by Crippen LogP contribution is 2.42. The number of hydrogen-bond donors (Lipinski definition) is 3. The molecule has 3 N–H and O–H groups in total. The molecule has 0 spiro atoms. The zero-order chi connectivity index (χ0) is 27.8. The molecule has 208 valence electrons. The molecule has 2 atom stereocenters. The largest absolute Gasteiger partial charge is 0.417 e. The maximum atomic E-state index is 14.3. The molecule has 1 aliphatic carbocycles. The SMILES string of the molecule is CC(Nc1cc(C(F)(F)F)c(-c2sc(C(=O)NCC(C)(C)O)nc2C(=O)N2CCCC[C@@H]2C)cn1)C1CC1. The fraction of sp³-hybridized carbons (Fsp3) is 0.615. The zero-order valence-corrected chi connectivity index (χ0v) is 22.8. The Bertz CT molecular complexity index is 1190. The van der Waals surface area contributed by atoms with Gasteiger partial charge in [-0.25, -0.2) is 9.97 Å². The van der Waals surface area contributed by atoms with Gasteiger partial charge in [0.2, 0.25) is 0 Å². The summed E-state index contributed by atoms with van der Waals surface area (Å²) in [4.78, 5) is 36.5. The van der Waals surface area contributed by atoms with Gasteiger partial charge in [-0.05, 0) is 71.8 Å². The number of hydrogen-bond acceptors (Lipinski definition) is 7. The highest BCUT2D eigenvalue weighted by atomic mass is 32.1. The first-order valence-corrected chi connectivity index (χ1v) is 13.7. The van der Waals surface area contributed by atoms with Gasteiger partial charge in [0.05, 0.1) is 16.0 Å². The van der Waals surface area contributed by atoms with E-state index >= 15 is 0 Å². The van der Waals surface area contributed by atoms with Gasteiger partial charge in [0, 0.05) is 36.9 Å². The molecule has 1 saturated carbocycles. The summed E-state index contributed by atoms with van der Waals surface area (Å²) in [5, 5.41) is 15.4. The number of nitrogens with zero attached hydrogens (tertiary/aromatic N) is 3. The van der Waals surface area contributed by atoms with Crippen molar-refractivity contribution in [1.29, 1.82) is 0 Å². The van der Waals surface area contributed by atoms with Crippen molar-refractivity contribution in [1.82, 2.24) is 20.2 Å². The van der Waals surface area contributed by atoms with E-state index in [9.17, 15) is 27.9 Å². The summed E-state index contributed by atoms with van der Waals surface area (Å²) in [6.07, 6.45) is 0.935. The number of rotatable bonds is 8. The van der Waals surface area contributed by atoms with Gasteiger partial charge < -0.3 is 20.6 Å². The van der Waals surface area contributed by atoms with Crippen molar-refractivity contribution in [3.05, 3.63) is 28.5 Å². The van der Waals surface area contributed by atoms with Crippen LogP contribution in [-0.4, -0.2) is 62.6 Å². The van der Waals surface area contributed by atoms with Gasteiger partial charge in [-0.2, -0.15) is 13.2 Å². The summed E-state index contributed by atoms with van der Waals surface area (Å²) in [5.74, 6) is -0.677. The van der Waals surface area contributed by atoms with Crippen molar-refractivity contribution in [2.45, 2.75) is 83.7 Å². The Balaban J connectivity index is 1.77. The van der Waals surface area contributed by atoms with Crippen LogP contribution in [0.4, 0.5) is 19.0 Å². The molecule has 1 unspecified atom stereocenters. The number of thiazole rings is 1. The topological polar surface area (TPSA) is 107 Å². The lowest BCUT2D eigenvalue weighted by Gasteiger charge is -2.33. The Labute approximate surface area is 224 Å². The standard InChI is InChI=1S/C26H34F3N5O3S/c1-14-7-5-6-10-34(14)24(36)20-21(38-23(33-20)22(35)31-13-25(3,4)37)17-12-30-19(11-18(17)26(27,28)29)32-15(2)16-8-9-16/h11-12,14-16,37H,5-10,13H2,1-4H3,(H,30,32)(H,31,35)/t14-,15?/m0/s1. The van der Waals surface area contributed by atoms with Gasteiger partial charge in [0.25, 0.3) is 11.8 Å². The quantitative estimate of drug-likeness (QED) is 0.427. The van der Waals surface area contributed by atoms with E-state index in [4.69, 9.17) is 0 Å².